The van der Waals surface area contributed by atoms with Crippen molar-refractivity contribution in [3.63, 3.8) is 0 Å². The van der Waals surface area contributed by atoms with E-state index in [2.05, 4.69) is 228 Å². The van der Waals surface area contributed by atoms with Crippen LogP contribution in [0.4, 0.5) is 17.1 Å². The van der Waals surface area contributed by atoms with Crippen LogP contribution in [0.3, 0.4) is 0 Å². The molecular formula is C64H48N2O. The molecule has 320 valence electrons. The van der Waals surface area contributed by atoms with Crippen molar-refractivity contribution in [2.45, 2.75) is 38.0 Å². The third-order valence-electron chi connectivity index (χ3n) is 14.4. The minimum Gasteiger partial charge on any atom is -0.456 e. The van der Waals surface area contributed by atoms with Gasteiger partial charge in [0, 0.05) is 49.6 Å². The van der Waals surface area contributed by atoms with Crippen molar-refractivity contribution in [1.82, 2.24) is 4.57 Å². The van der Waals surface area contributed by atoms with Crippen molar-refractivity contribution in [3.05, 3.63) is 230 Å². The monoisotopic (exact) mass is 860 g/mol. The summed E-state index contributed by atoms with van der Waals surface area (Å²) in [7, 11) is 0. The van der Waals surface area contributed by atoms with Crippen LogP contribution in [-0.2, 0) is 0 Å². The second kappa shape index (κ2) is 16.4. The number of fused-ring (bicyclic) bond motifs is 7. The molecule has 0 unspecified atom stereocenters. The molecule has 12 aromatic rings. The van der Waals surface area contributed by atoms with Crippen LogP contribution in [0.25, 0.3) is 93.6 Å². The lowest BCUT2D eigenvalue weighted by molar-refractivity contribution is 0.445. The van der Waals surface area contributed by atoms with Crippen LogP contribution < -0.4 is 4.90 Å². The van der Waals surface area contributed by atoms with Crippen LogP contribution in [0.2, 0.25) is 0 Å². The summed E-state index contributed by atoms with van der Waals surface area (Å²) in [5.74, 6) is 0.564. The molecule has 0 amide bonds. The third-order valence-corrected chi connectivity index (χ3v) is 14.4. The van der Waals surface area contributed by atoms with E-state index in [1.165, 1.54) is 92.5 Å². The number of hydrogen-bond acceptors (Lipinski definition) is 2. The Hall–Kier alpha value is -8.14. The molecule has 0 N–H and O–H groups in total. The summed E-state index contributed by atoms with van der Waals surface area (Å²) in [4.78, 5) is 2.50. The highest BCUT2D eigenvalue weighted by molar-refractivity contribution is 6.14. The van der Waals surface area contributed by atoms with Crippen LogP contribution >= 0.6 is 0 Å². The summed E-state index contributed by atoms with van der Waals surface area (Å²) in [6.45, 7) is 0. The Labute approximate surface area is 390 Å². The fourth-order valence-electron chi connectivity index (χ4n) is 11.3. The zero-order chi connectivity index (χ0) is 44.3. The van der Waals surface area contributed by atoms with Gasteiger partial charge in [-0.2, -0.15) is 0 Å². The highest BCUT2D eigenvalue weighted by Crippen LogP contribution is 2.49. The second-order valence-corrected chi connectivity index (χ2v) is 18.2. The Bertz CT molecular complexity index is 3790. The number of para-hydroxylation sites is 6. The Morgan fingerprint density at radius 2 is 1.03 bits per heavy atom. The molecule has 3 nitrogen and oxygen atoms in total. The molecule has 0 bridgehead atoms. The van der Waals surface area contributed by atoms with Gasteiger partial charge in [0.15, 0.2) is 0 Å². The van der Waals surface area contributed by atoms with Gasteiger partial charge in [-0.3, -0.25) is 0 Å². The number of rotatable bonds is 8. The van der Waals surface area contributed by atoms with Gasteiger partial charge in [0.25, 0.3) is 0 Å². The van der Waals surface area contributed by atoms with E-state index in [0.717, 1.165) is 55.8 Å². The van der Waals surface area contributed by atoms with Gasteiger partial charge in [0.05, 0.1) is 22.4 Å². The first-order chi connectivity index (χ1) is 33.3. The molecule has 1 saturated carbocycles. The molecule has 1 fully saturated rings. The van der Waals surface area contributed by atoms with E-state index in [-0.39, 0.29) is 0 Å². The molecule has 0 aliphatic heterocycles. The van der Waals surface area contributed by atoms with Crippen LogP contribution in [0, 0.1) is 0 Å². The lowest BCUT2D eigenvalue weighted by atomic mass is 9.80. The van der Waals surface area contributed by atoms with Crippen molar-refractivity contribution in [2.24, 2.45) is 0 Å². The number of anilines is 3. The van der Waals surface area contributed by atoms with E-state index < -0.39 is 0 Å². The highest BCUT2D eigenvalue weighted by Gasteiger charge is 2.25. The molecule has 10 aromatic carbocycles. The summed E-state index contributed by atoms with van der Waals surface area (Å²) < 4.78 is 8.75. The predicted molar refractivity (Wildman–Crippen MR) is 282 cm³/mol. The average molecular weight is 861 g/mol. The van der Waals surface area contributed by atoms with Crippen molar-refractivity contribution in [2.75, 3.05) is 4.90 Å². The van der Waals surface area contributed by atoms with Gasteiger partial charge in [0.2, 0.25) is 0 Å². The lowest BCUT2D eigenvalue weighted by Crippen LogP contribution is -2.12. The topological polar surface area (TPSA) is 21.3 Å². The third kappa shape index (κ3) is 6.64. The van der Waals surface area contributed by atoms with E-state index in [1.807, 2.05) is 6.07 Å². The molecule has 2 heterocycles. The average Bonchev–Trinajstić information content (AvgIpc) is 3.95. The molecule has 0 spiro atoms. The van der Waals surface area contributed by atoms with E-state index >= 15 is 0 Å². The normalized spacial score (nSPS) is 13.3. The molecule has 1 aliphatic rings. The minimum atomic E-state index is 0.564. The Morgan fingerprint density at radius 1 is 0.418 bits per heavy atom. The predicted octanol–water partition coefficient (Wildman–Crippen LogP) is 18.4. The molecular weight excluding hydrogens is 813 g/mol. The first kappa shape index (κ1) is 39.2. The van der Waals surface area contributed by atoms with Crippen LogP contribution in [0.15, 0.2) is 229 Å². The molecule has 2 aromatic heterocycles. The molecule has 0 atom stereocenters. The number of aromatic nitrogens is 1. The van der Waals surface area contributed by atoms with Gasteiger partial charge in [-0.05, 0) is 112 Å². The highest BCUT2D eigenvalue weighted by atomic mass is 16.3. The van der Waals surface area contributed by atoms with Crippen LogP contribution in [0.1, 0.15) is 43.6 Å². The molecule has 1 aliphatic carbocycles. The van der Waals surface area contributed by atoms with Crippen LogP contribution in [0.5, 0.6) is 0 Å². The first-order valence-electron chi connectivity index (χ1n) is 23.9. The number of furan rings is 1. The number of hydrogen-bond donors (Lipinski definition) is 0. The summed E-state index contributed by atoms with van der Waals surface area (Å²) in [6, 6.07) is 82.4. The van der Waals surface area contributed by atoms with Crippen molar-refractivity contribution in [3.8, 4) is 39.1 Å². The Kier molecular flexibility index (Phi) is 9.60. The van der Waals surface area contributed by atoms with Crippen molar-refractivity contribution in [1.29, 1.82) is 0 Å². The van der Waals surface area contributed by atoms with Gasteiger partial charge in [0.1, 0.15) is 11.2 Å². The molecule has 3 heteroatoms. The van der Waals surface area contributed by atoms with Crippen LogP contribution in [-0.4, -0.2) is 4.57 Å². The lowest BCUT2D eigenvalue weighted by Gasteiger charge is -2.31. The maximum absolute atomic E-state index is 6.32. The second-order valence-electron chi connectivity index (χ2n) is 18.2. The maximum Gasteiger partial charge on any atom is 0.135 e. The summed E-state index contributed by atoms with van der Waals surface area (Å²) >= 11 is 0. The minimum absolute atomic E-state index is 0.564. The summed E-state index contributed by atoms with van der Waals surface area (Å²) in [5, 5.41) is 7.42. The van der Waals surface area contributed by atoms with Gasteiger partial charge in [-0.1, -0.05) is 183 Å². The van der Waals surface area contributed by atoms with E-state index in [1.54, 1.807) is 0 Å². The standard InChI is InChI=1S/C64H48N2O/c1-3-18-43(19-4-1)50-28-15-20-45-21-16-30-55(63(45)50)52-25-8-12-33-59(52)65(58-32-11-7-24-49(58)46-38-41-62-57(42-46)54-27-10-14-35-61(54)67-62)48-39-36-44(37-40-48)51-29-17-31-56-53-26-9-13-34-60(53)66(64(51)56)47-22-5-2-6-23-47/h2,5-17,20-43H,1,3-4,18-19H2. The smallest absolute Gasteiger partial charge is 0.135 e. The fourth-order valence-corrected chi connectivity index (χ4v) is 11.3. The van der Waals surface area contributed by atoms with Gasteiger partial charge < -0.3 is 13.9 Å². The zero-order valence-corrected chi connectivity index (χ0v) is 37.3. The maximum atomic E-state index is 6.32. The van der Waals surface area contributed by atoms with Gasteiger partial charge >= 0.3 is 0 Å². The van der Waals surface area contributed by atoms with Crippen molar-refractivity contribution >= 4 is 71.6 Å². The molecule has 0 saturated heterocycles. The van der Waals surface area contributed by atoms with E-state index in [4.69, 9.17) is 4.42 Å². The number of benzene rings is 10. The van der Waals surface area contributed by atoms with Crippen molar-refractivity contribution < 1.29 is 4.42 Å². The van der Waals surface area contributed by atoms with E-state index in [0.29, 0.717) is 5.92 Å². The Morgan fingerprint density at radius 3 is 1.87 bits per heavy atom. The number of nitrogens with zero attached hydrogens (tertiary/aromatic N) is 2. The van der Waals surface area contributed by atoms with Gasteiger partial charge in [-0.25, -0.2) is 0 Å². The van der Waals surface area contributed by atoms with Gasteiger partial charge in [-0.15, -0.1) is 0 Å². The molecule has 0 radical (unpaired) electrons. The largest absolute Gasteiger partial charge is 0.456 e. The zero-order valence-electron chi connectivity index (χ0n) is 37.3. The first-order valence-corrected chi connectivity index (χ1v) is 23.9. The quantitative estimate of drug-likeness (QED) is 0.152. The Balaban J connectivity index is 1.02. The summed E-state index contributed by atoms with van der Waals surface area (Å²) in [5.41, 5.74) is 17.3. The molecule has 13 rings (SSSR count). The van der Waals surface area contributed by atoms with E-state index in [9.17, 15) is 0 Å². The fraction of sp³-hybridized carbons (Fsp3) is 0.0938. The molecule has 67 heavy (non-hydrogen) atoms. The summed E-state index contributed by atoms with van der Waals surface area (Å²) in [6.07, 6.45) is 6.42. The SMILES string of the molecule is c1ccc(-n2c3ccccc3c3cccc(-c4ccc(N(c5ccccc5-c5ccc6oc7ccccc7c6c5)c5ccccc5-c5cccc6cccc(C7CCCCC7)c56)cc4)c32)cc1.